The monoisotopic (exact) mass is 303 g/mol. The van der Waals surface area contributed by atoms with Gasteiger partial charge in [-0.25, -0.2) is 4.98 Å². The van der Waals surface area contributed by atoms with Crippen molar-refractivity contribution < 1.29 is 0 Å². The molecule has 0 aliphatic heterocycles. The first kappa shape index (κ1) is 12.7. The number of hydrogen-bond acceptors (Lipinski definition) is 2. The van der Waals surface area contributed by atoms with Crippen molar-refractivity contribution in [3.63, 3.8) is 0 Å². The van der Waals surface area contributed by atoms with Gasteiger partial charge in [0.2, 0.25) is 0 Å². The Bertz CT molecular complexity index is 442. The number of alkyl halides is 1. The molecule has 0 amide bonds. The Morgan fingerprint density at radius 2 is 2.20 bits per heavy atom. The van der Waals surface area contributed by atoms with Crippen LogP contribution in [0, 0.1) is 6.92 Å². The summed E-state index contributed by atoms with van der Waals surface area (Å²) in [6, 6.07) is 8.45. The zero-order valence-corrected chi connectivity index (χ0v) is 11.5. The van der Waals surface area contributed by atoms with Gasteiger partial charge in [0.15, 0.2) is 0 Å². The molecule has 80 valence electrons. The van der Waals surface area contributed by atoms with Crippen molar-refractivity contribution in [3.8, 4) is 11.3 Å². The summed E-state index contributed by atoms with van der Waals surface area (Å²) in [5.74, 6) is 0. The van der Waals surface area contributed by atoms with Crippen LogP contribution >= 0.6 is 39.7 Å². The van der Waals surface area contributed by atoms with Crippen LogP contribution in [0.5, 0.6) is 0 Å². The van der Waals surface area contributed by atoms with Crippen molar-refractivity contribution in [2.45, 2.75) is 12.3 Å². The highest BCUT2D eigenvalue weighted by Gasteiger charge is 2.01. The minimum Gasteiger partial charge on any atom is -0.242 e. The normalized spacial score (nSPS) is 9.73. The second-order valence-electron chi connectivity index (χ2n) is 3.09. The lowest BCUT2D eigenvalue weighted by Gasteiger charge is -1.99. The largest absolute Gasteiger partial charge is 0.242 e. The van der Waals surface area contributed by atoms with Crippen LogP contribution < -0.4 is 0 Å². The zero-order valence-electron chi connectivity index (χ0n) is 8.24. The average molecular weight is 305 g/mol. The summed E-state index contributed by atoms with van der Waals surface area (Å²) in [4.78, 5) is 4.46. The van der Waals surface area contributed by atoms with E-state index >= 15 is 0 Å². The fourth-order valence-corrected chi connectivity index (χ4v) is 2.28. The van der Waals surface area contributed by atoms with Crippen LogP contribution in [-0.4, -0.2) is 4.98 Å². The van der Waals surface area contributed by atoms with Crippen LogP contribution in [0.3, 0.4) is 0 Å². The fraction of sp³-hybridized carbons (Fsp3) is 0.182. The summed E-state index contributed by atoms with van der Waals surface area (Å²) in [5.41, 5.74) is 3.56. The van der Waals surface area contributed by atoms with Crippen LogP contribution in [0.15, 0.2) is 29.6 Å². The van der Waals surface area contributed by atoms with Gasteiger partial charge in [-0.1, -0.05) is 34.1 Å². The zero-order chi connectivity index (χ0) is 9.97. The molecule has 0 aliphatic carbocycles. The first-order valence-electron chi connectivity index (χ1n) is 4.37. The van der Waals surface area contributed by atoms with E-state index in [1.165, 1.54) is 11.1 Å². The van der Waals surface area contributed by atoms with Crippen molar-refractivity contribution in [3.05, 3.63) is 40.2 Å². The molecule has 0 N–H and O–H groups in total. The minimum atomic E-state index is 0. The molecule has 15 heavy (non-hydrogen) atoms. The summed E-state index contributed by atoms with van der Waals surface area (Å²) < 4.78 is 0. The van der Waals surface area contributed by atoms with Gasteiger partial charge in [0.1, 0.15) is 0 Å². The van der Waals surface area contributed by atoms with Gasteiger partial charge in [-0.15, -0.1) is 23.7 Å². The number of rotatable bonds is 2. The molecular formula is C11H11BrClNS. The van der Waals surface area contributed by atoms with Crippen LogP contribution in [0.2, 0.25) is 0 Å². The lowest BCUT2D eigenvalue weighted by atomic mass is 10.1. The van der Waals surface area contributed by atoms with Gasteiger partial charge in [-0.2, -0.15) is 0 Å². The molecule has 0 bridgehead atoms. The molecule has 0 saturated heterocycles. The number of benzene rings is 1. The Kier molecular flexibility index (Phi) is 4.77. The van der Waals surface area contributed by atoms with Crippen molar-refractivity contribution in [1.29, 1.82) is 0 Å². The number of aromatic nitrogens is 1. The summed E-state index contributed by atoms with van der Waals surface area (Å²) in [6.07, 6.45) is 0. The molecule has 0 fully saturated rings. The first-order chi connectivity index (χ1) is 6.79. The van der Waals surface area contributed by atoms with Gasteiger partial charge < -0.3 is 0 Å². The van der Waals surface area contributed by atoms with Crippen LogP contribution in [0.1, 0.15) is 10.6 Å². The quantitative estimate of drug-likeness (QED) is 0.748. The minimum absolute atomic E-state index is 0. The van der Waals surface area contributed by atoms with E-state index in [9.17, 15) is 0 Å². The van der Waals surface area contributed by atoms with E-state index in [2.05, 4.69) is 50.6 Å². The highest BCUT2D eigenvalue weighted by Crippen LogP contribution is 2.22. The lowest BCUT2D eigenvalue weighted by Crippen LogP contribution is -1.81. The summed E-state index contributed by atoms with van der Waals surface area (Å²) in [7, 11) is 0. The van der Waals surface area contributed by atoms with Crippen LogP contribution in [0.25, 0.3) is 11.3 Å². The summed E-state index contributed by atoms with van der Waals surface area (Å²) in [6.45, 7) is 2.03. The van der Waals surface area contributed by atoms with E-state index < -0.39 is 0 Å². The maximum absolute atomic E-state index is 4.46. The third-order valence-electron chi connectivity index (χ3n) is 2.00. The molecule has 2 aromatic rings. The highest BCUT2D eigenvalue weighted by atomic mass is 79.9. The van der Waals surface area contributed by atoms with Crippen molar-refractivity contribution >= 4 is 39.7 Å². The van der Waals surface area contributed by atoms with Gasteiger partial charge in [0.25, 0.3) is 0 Å². The molecule has 1 nitrogen and oxygen atoms in total. The summed E-state index contributed by atoms with van der Waals surface area (Å²) >= 11 is 5.14. The fourth-order valence-electron chi connectivity index (χ4n) is 1.31. The molecule has 0 atom stereocenters. The van der Waals surface area contributed by atoms with Gasteiger partial charge in [0.05, 0.1) is 10.7 Å². The molecule has 0 spiro atoms. The maximum Gasteiger partial charge on any atom is 0.0901 e. The standard InChI is InChI=1S/C11H10BrNS.ClH/c1-8-13-11(7-14-8)10-4-2-3-9(5-10)6-12;/h2-5,7H,6H2,1H3;1H. The second kappa shape index (κ2) is 5.64. The van der Waals surface area contributed by atoms with Gasteiger partial charge in [-0.3, -0.25) is 0 Å². The van der Waals surface area contributed by atoms with Crippen molar-refractivity contribution in [1.82, 2.24) is 4.98 Å². The Balaban J connectivity index is 0.00000112. The summed E-state index contributed by atoms with van der Waals surface area (Å²) in [5, 5.41) is 4.11. The van der Waals surface area contributed by atoms with E-state index in [4.69, 9.17) is 0 Å². The second-order valence-corrected chi connectivity index (χ2v) is 4.71. The van der Waals surface area contributed by atoms with Gasteiger partial charge in [-0.05, 0) is 18.6 Å². The predicted octanol–water partition coefficient (Wildman–Crippen LogP) is 4.44. The van der Waals surface area contributed by atoms with Gasteiger partial charge in [0, 0.05) is 16.3 Å². The Labute approximate surface area is 108 Å². The molecular weight excluding hydrogens is 294 g/mol. The Morgan fingerprint density at radius 3 is 2.80 bits per heavy atom. The average Bonchev–Trinajstić information content (AvgIpc) is 2.65. The van der Waals surface area contributed by atoms with E-state index in [1.807, 2.05) is 6.92 Å². The van der Waals surface area contributed by atoms with E-state index in [0.717, 1.165) is 16.0 Å². The molecule has 0 radical (unpaired) electrons. The number of thiazole rings is 1. The third kappa shape index (κ3) is 3.03. The SMILES string of the molecule is Cc1nc(-c2cccc(CBr)c2)cs1.Cl. The van der Waals surface area contributed by atoms with E-state index in [1.54, 1.807) is 11.3 Å². The molecule has 1 heterocycles. The Morgan fingerprint density at radius 1 is 1.40 bits per heavy atom. The number of hydrogen-bond donors (Lipinski definition) is 0. The molecule has 0 unspecified atom stereocenters. The van der Waals surface area contributed by atoms with Crippen molar-refractivity contribution in [2.75, 3.05) is 0 Å². The molecule has 1 aromatic carbocycles. The maximum atomic E-state index is 4.46. The smallest absolute Gasteiger partial charge is 0.0901 e. The highest BCUT2D eigenvalue weighted by molar-refractivity contribution is 9.08. The number of aryl methyl sites for hydroxylation is 1. The van der Waals surface area contributed by atoms with Crippen LogP contribution in [0.4, 0.5) is 0 Å². The molecule has 4 heteroatoms. The van der Waals surface area contributed by atoms with Crippen molar-refractivity contribution in [2.24, 2.45) is 0 Å². The topological polar surface area (TPSA) is 12.9 Å². The molecule has 1 aromatic heterocycles. The third-order valence-corrected chi connectivity index (χ3v) is 3.42. The molecule has 2 rings (SSSR count). The van der Waals surface area contributed by atoms with Crippen LogP contribution in [-0.2, 0) is 5.33 Å². The first-order valence-corrected chi connectivity index (χ1v) is 6.37. The molecule has 0 aliphatic rings. The van der Waals surface area contributed by atoms with E-state index in [0.29, 0.717) is 0 Å². The predicted molar refractivity (Wildman–Crippen MR) is 72.2 cm³/mol. The number of nitrogens with zero attached hydrogens (tertiary/aromatic N) is 1. The number of halogens is 2. The van der Waals surface area contributed by atoms with Gasteiger partial charge >= 0.3 is 0 Å². The Hall–Kier alpha value is -0.380. The lowest BCUT2D eigenvalue weighted by molar-refractivity contribution is 1.29. The molecule has 0 saturated carbocycles. The van der Waals surface area contributed by atoms with E-state index in [-0.39, 0.29) is 12.4 Å².